The summed E-state index contributed by atoms with van der Waals surface area (Å²) in [6.45, 7) is 8.22. The molecule has 1 saturated heterocycles. The number of aliphatic imine (C=N–C) groups is 1. The second-order valence-electron chi connectivity index (χ2n) is 7.03. The molecule has 1 heterocycles. The van der Waals surface area contributed by atoms with Crippen molar-refractivity contribution in [2.45, 2.75) is 33.9 Å². The van der Waals surface area contributed by atoms with Gasteiger partial charge in [0.15, 0.2) is 17.5 Å². The molecule has 1 aromatic rings. The lowest BCUT2D eigenvalue weighted by Crippen LogP contribution is -2.50. The number of piperazine rings is 1. The number of para-hydroxylation sites is 1. The predicted molar refractivity (Wildman–Crippen MR) is 131 cm³/mol. The Bertz CT molecular complexity index is 731. The van der Waals surface area contributed by atoms with Gasteiger partial charge in [0, 0.05) is 58.3 Å². The van der Waals surface area contributed by atoms with E-state index in [1.54, 1.807) is 32.0 Å². The van der Waals surface area contributed by atoms with Crippen molar-refractivity contribution in [1.29, 1.82) is 0 Å². The predicted octanol–water partition coefficient (Wildman–Crippen LogP) is 2.52. The van der Waals surface area contributed by atoms with E-state index >= 15 is 0 Å². The van der Waals surface area contributed by atoms with E-state index in [0.29, 0.717) is 31.2 Å². The summed E-state index contributed by atoms with van der Waals surface area (Å²) in [5, 5.41) is 6.43. The highest BCUT2D eigenvalue weighted by Gasteiger charge is 2.18. The third-order valence-electron chi connectivity index (χ3n) is 4.86. The Morgan fingerprint density at radius 1 is 1.19 bits per heavy atom. The molecule has 0 aromatic heterocycles. The molecule has 2 rings (SSSR count). The highest BCUT2D eigenvalue weighted by molar-refractivity contribution is 14.0. The first-order chi connectivity index (χ1) is 14.9. The number of ether oxygens (including phenoxy) is 2. The summed E-state index contributed by atoms with van der Waals surface area (Å²) in [5.41, 5.74) is 0.517. The van der Waals surface area contributed by atoms with E-state index in [9.17, 15) is 13.6 Å². The number of carbonyl (C=O) groups excluding carboxylic acids is 1. The number of rotatable bonds is 10. The zero-order valence-electron chi connectivity index (χ0n) is 18.9. The summed E-state index contributed by atoms with van der Waals surface area (Å²) in [6.07, 6.45) is 0. The van der Waals surface area contributed by atoms with Crippen molar-refractivity contribution in [3.8, 4) is 11.5 Å². The third kappa shape index (κ3) is 9.31. The third-order valence-corrected chi connectivity index (χ3v) is 4.86. The SMILES string of the molecule is CCNC(=NCc1cccc(OCC)c1OC(F)F)NCCN1CCN(C(C)=O)CC1.I. The van der Waals surface area contributed by atoms with Gasteiger partial charge in [0.05, 0.1) is 13.2 Å². The van der Waals surface area contributed by atoms with Crippen LogP contribution >= 0.6 is 24.0 Å². The zero-order valence-corrected chi connectivity index (χ0v) is 21.2. The minimum atomic E-state index is -2.95. The monoisotopic (exact) mass is 569 g/mol. The lowest BCUT2D eigenvalue weighted by molar-refractivity contribution is -0.130. The second-order valence-corrected chi connectivity index (χ2v) is 7.03. The number of nitrogens with one attached hydrogen (secondary N) is 2. The van der Waals surface area contributed by atoms with Crippen molar-refractivity contribution < 1.29 is 23.0 Å². The fraction of sp³-hybridized carbons (Fsp3) is 0.619. The molecule has 0 radical (unpaired) electrons. The Balaban J connectivity index is 0.00000512. The average Bonchev–Trinajstić information content (AvgIpc) is 2.74. The van der Waals surface area contributed by atoms with Crippen LogP contribution in [0, 0.1) is 0 Å². The molecule has 0 aliphatic carbocycles. The van der Waals surface area contributed by atoms with Gasteiger partial charge in [-0.2, -0.15) is 8.78 Å². The van der Waals surface area contributed by atoms with E-state index in [1.165, 1.54) is 0 Å². The molecule has 1 aliphatic heterocycles. The summed E-state index contributed by atoms with van der Waals surface area (Å²) in [5.74, 6) is 0.998. The van der Waals surface area contributed by atoms with Gasteiger partial charge < -0.3 is 25.0 Å². The molecule has 182 valence electrons. The first kappa shape index (κ1) is 28.1. The van der Waals surface area contributed by atoms with E-state index in [0.717, 1.165) is 32.7 Å². The van der Waals surface area contributed by atoms with Crippen molar-refractivity contribution >= 4 is 35.8 Å². The van der Waals surface area contributed by atoms with Crippen LogP contribution in [-0.2, 0) is 11.3 Å². The molecule has 1 amide bonds. The van der Waals surface area contributed by atoms with Crippen molar-refractivity contribution in [3.05, 3.63) is 23.8 Å². The van der Waals surface area contributed by atoms with Crippen LogP contribution in [0.15, 0.2) is 23.2 Å². The molecule has 0 atom stereocenters. The Morgan fingerprint density at radius 2 is 1.91 bits per heavy atom. The van der Waals surface area contributed by atoms with Crippen LogP contribution in [0.2, 0.25) is 0 Å². The molecular formula is C21H34F2IN5O3. The molecular weight excluding hydrogens is 535 g/mol. The molecule has 1 fully saturated rings. The molecule has 0 saturated carbocycles. The maximum atomic E-state index is 12.9. The van der Waals surface area contributed by atoms with Gasteiger partial charge in [-0.15, -0.1) is 24.0 Å². The topological polar surface area (TPSA) is 78.4 Å². The van der Waals surface area contributed by atoms with Crippen molar-refractivity contribution in [2.24, 2.45) is 4.99 Å². The van der Waals surface area contributed by atoms with Gasteiger partial charge in [-0.3, -0.25) is 9.69 Å². The molecule has 0 spiro atoms. The standard InChI is InChI=1S/C21H33F2N5O3.HI/c1-4-24-21(25-9-10-27-11-13-28(14-12-27)16(3)29)26-15-17-7-6-8-18(30-5-2)19(17)31-20(22)23;/h6-8,20H,4-5,9-15H2,1-3H3,(H2,24,25,26);1H. The number of benzene rings is 1. The van der Waals surface area contributed by atoms with Crippen LogP contribution in [-0.4, -0.2) is 80.7 Å². The lowest BCUT2D eigenvalue weighted by atomic mass is 10.2. The number of halogens is 3. The summed E-state index contributed by atoms with van der Waals surface area (Å²) < 4.78 is 35.9. The van der Waals surface area contributed by atoms with E-state index < -0.39 is 6.61 Å². The molecule has 1 aromatic carbocycles. The largest absolute Gasteiger partial charge is 0.490 e. The van der Waals surface area contributed by atoms with Gasteiger partial charge in [-0.05, 0) is 19.9 Å². The Hall–Kier alpha value is -1.89. The number of hydrogen-bond donors (Lipinski definition) is 2. The van der Waals surface area contributed by atoms with Crippen molar-refractivity contribution in [2.75, 3.05) is 52.4 Å². The number of alkyl halides is 2. The van der Waals surface area contributed by atoms with Crippen molar-refractivity contribution in [1.82, 2.24) is 20.4 Å². The number of nitrogens with zero attached hydrogens (tertiary/aromatic N) is 3. The molecule has 32 heavy (non-hydrogen) atoms. The maximum Gasteiger partial charge on any atom is 0.387 e. The Labute approximate surface area is 205 Å². The second kappa shape index (κ2) is 15.0. The van der Waals surface area contributed by atoms with Crippen LogP contribution in [0.3, 0.4) is 0 Å². The maximum absolute atomic E-state index is 12.9. The molecule has 0 bridgehead atoms. The smallest absolute Gasteiger partial charge is 0.387 e. The van der Waals surface area contributed by atoms with Gasteiger partial charge >= 0.3 is 6.61 Å². The Morgan fingerprint density at radius 3 is 2.50 bits per heavy atom. The first-order valence-electron chi connectivity index (χ1n) is 10.6. The summed E-state index contributed by atoms with van der Waals surface area (Å²) in [7, 11) is 0. The van der Waals surface area contributed by atoms with E-state index in [2.05, 4.69) is 20.5 Å². The highest BCUT2D eigenvalue weighted by Crippen LogP contribution is 2.33. The van der Waals surface area contributed by atoms with Gasteiger partial charge in [-0.25, -0.2) is 4.99 Å². The molecule has 0 unspecified atom stereocenters. The molecule has 1 aliphatic rings. The quantitative estimate of drug-likeness (QED) is 0.256. The Kier molecular flexibility index (Phi) is 13.2. The fourth-order valence-electron chi connectivity index (χ4n) is 3.30. The molecule has 8 nitrogen and oxygen atoms in total. The van der Waals surface area contributed by atoms with Gasteiger partial charge in [0.2, 0.25) is 5.91 Å². The number of carbonyl (C=O) groups is 1. The average molecular weight is 569 g/mol. The van der Waals surface area contributed by atoms with Crippen LogP contribution in [0.4, 0.5) is 8.78 Å². The van der Waals surface area contributed by atoms with E-state index in [4.69, 9.17) is 9.47 Å². The molecule has 11 heteroatoms. The summed E-state index contributed by atoms with van der Waals surface area (Å²) in [6, 6.07) is 5.03. The lowest BCUT2D eigenvalue weighted by Gasteiger charge is -2.34. The van der Waals surface area contributed by atoms with Crippen LogP contribution in [0.5, 0.6) is 11.5 Å². The summed E-state index contributed by atoms with van der Waals surface area (Å²) in [4.78, 5) is 20.1. The minimum absolute atomic E-state index is 0. The van der Waals surface area contributed by atoms with Crippen LogP contribution < -0.4 is 20.1 Å². The zero-order chi connectivity index (χ0) is 22.6. The van der Waals surface area contributed by atoms with Crippen LogP contribution in [0.25, 0.3) is 0 Å². The van der Waals surface area contributed by atoms with Crippen molar-refractivity contribution in [3.63, 3.8) is 0 Å². The normalized spacial score (nSPS) is 14.7. The minimum Gasteiger partial charge on any atom is -0.490 e. The van der Waals surface area contributed by atoms with E-state index in [-0.39, 0.29) is 47.9 Å². The van der Waals surface area contributed by atoms with Gasteiger partial charge in [0.25, 0.3) is 0 Å². The number of hydrogen-bond acceptors (Lipinski definition) is 5. The van der Waals surface area contributed by atoms with Gasteiger partial charge in [-0.1, -0.05) is 12.1 Å². The number of guanidine groups is 1. The first-order valence-corrected chi connectivity index (χ1v) is 10.6. The summed E-state index contributed by atoms with van der Waals surface area (Å²) >= 11 is 0. The van der Waals surface area contributed by atoms with E-state index in [1.807, 2.05) is 11.8 Å². The highest BCUT2D eigenvalue weighted by atomic mass is 127. The fourth-order valence-corrected chi connectivity index (χ4v) is 3.30. The number of amides is 1. The van der Waals surface area contributed by atoms with Gasteiger partial charge in [0.1, 0.15) is 0 Å². The van der Waals surface area contributed by atoms with Crippen LogP contribution in [0.1, 0.15) is 26.3 Å². The molecule has 2 N–H and O–H groups in total.